The third kappa shape index (κ3) is 2.36. The molecular formula is C13H19NO2. The van der Waals surface area contributed by atoms with E-state index in [0.717, 1.165) is 18.6 Å². The van der Waals surface area contributed by atoms with Crippen LogP contribution in [0.5, 0.6) is 5.75 Å². The predicted molar refractivity (Wildman–Crippen MR) is 63.7 cm³/mol. The summed E-state index contributed by atoms with van der Waals surface area (Å²) < 4.78 is 10.8. The van der Waals surface area contributed by atoms with Gasteiger partial charge in [-0.3, -0.25) is 0 Å². The van der Waals surface area contributed by atoms with Crippen LogP contribution in [0.25, 0.3) is 0 Å². The van der Waals surface area contributed by atoms with Gasteiger partial charge in [0.15, 0.2) is 0 Å². The number of rotatable bonds is 4. The van der Waals surface area contributed by atoms with Gasteiger partial charge in [-0.1, -0.05) is 6.07 Å². The highest BCUT2D eigenvalue weighted by molar-refractivity contribution is 5.40. The number of benzene rings is 1. The van der Waals surface area contributed by atoms with Crippen molar-refractivity contribution in [2.75, 3.05) is 13.7 Å². The Morgan fingerprint density at radius 3 is 3.06 bits per heavy atom. The zero-order valence-corrected chi connectivity index (χ0v) is 9.90. The first-order chi connectivity index (χ1) is 7.70. The lowest BCUT2D eigenvalue weighted by Gasteiger charge is -2.12. The Morgan fingerprint density at radius 1 is 1.50 bits per heavy atom. The van der Waals surface area contributed by atoms with E-state index in [9.17, 15) is 0 Å². The molecule has 0 saturated heterocycles. The number of methoxy groups -OCH3 is 1. The predicted octanol–water partition coefficient (Wildman–Crippen LogP) is 2.05. The van der Waals surface area contributed by atoms with Crippen LogP contribution >= 0.6 is 0 Å². The van der Waals surface area contributed by atoms with Crippen LogP contribution in [0, 0.1) is 0 Å². The summed E-state index contributed by atoms with van der Waals surface area (Å²) in [5.41, 5.74) is 8.58. The van der Waals surface area contributed by atoms with E-state index in [4.69, 9.17) is 15.2 Å². The average Bonchev–Trinajstić information content (AvgIpc) is 2.67. The smallest absolute Gasteiger partial charge is 0.119 e. The highest BCUT2D eigenvalue weighted by Crippen LogP contribution is 2.31. The first-order valence-corrected chi connectivity index (χ1v) is 5.74. The molecule has 1 unspecified atom stereocenters. The molecule has 0 saturated carbocycles. The van der Waals surface area contributed by atoms with Crippen LogP contribution in [0.3, 0.4) is 0 Å². The SMILES string of the molecule is COC(C)COc1ccc2c(c1)CC[C@@H]2N. The maximum atomic E-state index is 5.98. The molecule has 0 spiro atoms. The zero-order chi connectivity index (χ0) is 11.5. The van der Waals surface area contributed by atoms with E-state index in [2.05, 4.69) is 12.1 Å². The molecule has 0 fully saturated rings. The lowest BCUT2D eigenvalue weighted by molar-refractivity contribution is 0.0716. The van der Waals surface area contributed by atoms with E-state index in [1.54, 1.807) is 7.11 Å². The average molecular weight is 221 g/mol. The van der Waals surface area contributed by atoms with Crippen molar-refractivity contribution in [2.24, 2.45) is 5.73 Å². The summed E-state index contributed by atoms with van der Waals surface area (Å²) >= 11 is 0. The van der Waals surface area contributed by atoms with E-state index in [1.165, 1.54) is 11.1 Å². The molecule has 3 nitrogen and oxygen atoms in total. The van der Waals surface area contributed by atoms with Gasteiger partial charge < -0.3 is 15.2 Å². The number of fused-ring (bicyclic) bond motifs is 1. The monoisotopic (exact) mass is 221 g/mol. The molecule has 0 amide bonds. The Bertz CT molecular complexity index is 365. The molecule has 2 atom stereocenters. The fraction of sp³-hybridized carbons (Fsp3) is 0.538. The Balaban J connectivity index is 2.02. The summed E-state index contributed by atoms with van der Waals surface area (Å²) in [6.07, 6.45) is 2.23. The number of aryl methyl sites for hydroxylation is 1. The van der Waals surface area contributed by atoms with Crippen LogP contribution in [0.2, 0.25) is 0 Å². The summed E-state index contributed by atoms with van der Waals surface area (Å²) in [6, 6.07) is 6.39. The molecule has 2 rings (SSSR count). The van der Waals surface area contributed by atoms with Crippen molar-refractivity contribution >= 4 is 0 Å². The van der Waals surface area contributed by atoms with Crippen molar-refractivity contribution in [3.05, 3.63) is 29.3 Å². The standard InChI is InChI=1S/C13H19NO2/c1-9(15-2)8-16-11-4-5-12-10(7-11)3-6-13(12)14/h4-5,7,9,13H,3,6,8,14H2,1-2H3/t9?,13-/m0/s1. The fourth-order valence-electron chi connectivity index (χ4n) is 2.00. The van der Waals surface area contributed by atoms with Gasteiger partial charge in [-0.2, -0.15) is 0 Å². The van der Waals surface area contributed by atoms with E-state index < -0.39 is 0 Å². The van der Waals surface area contributed by atoms with Gasteiger partial charge in [-0.25, -0.2) is 0 Å². The minimum absolute atomic E-state index is 0.121. The number of nitrogens with two attached hydrogens (primary N) is 1. The molecule has 2 N–H and O–H groups in total. The third-order valence-electron chi connectivity index (χ3n) is 3.13. The van der Waals surface area contributed by atoms with Crippen molar-refractivity contribution in [2.45, 2.75) is 31.9 Å². The number of hydrogen-bond acceptors (Lipinski definition) is 3. The molecule has 0 aromatic heterocycles. The fourth-order valence-corrected chi connectivity index (χ4v) is 2.00. The van der Waals surface area contributed by atoms with Gasteiger partial charge in [-0.15, -0.1) is 0 Å². The minimum Gasteiger partial charge on any atom is -0.491 e. The molecule has 0 bridgehead atoms. The van der Waals surface area contributed by atoms with Crippen LogP contribution < -0.4 is 10.5 Å². The summed E-state index contributed by atoms with van der Waals surface area (Å²) in [6.45, 7) is 2.57. The first kappa shape index (κ1) is 11.4. The maximum absolute atomic E-state index is 5.98. The molecule has 1 aliphatic rings. The number of ether oxygens (including phenoxy) is 2. The van der Waals surface area contributed by atoms with Crippen LogP contribution in [-0.4, -0.2) is 19.8 Å². The lowest BCUT2D eigenvalue weighted by atomic mass is 10.1. The van der Waals surface area contributed by atoms with Gasteiger partial charge in [0.1, 0.15) is 12.4 Å². The molecular weight excluding hydrogens is 202 g/mol. The van der Waals surface area contributed by atoms with Gasteiger partial charge >= 0.3 is 0 Å². The summed E-state index contributed by atoms with van der Waals surface area (Å²) in [7, 11) is 1.69. The first-order valence-electron chi connectivity index (χ1n) is 5.74. The molecule has 0 heterocycles. The second-order valence-corrected chi connectivity index (χ2v) is 4.36. The van der Waals surface area contributed by atoms with E-state index >= 15 is 0 Å². The second-order valence-electron chi connectivity index (χ2n) is 4.36. The van der Waals surface area contributed by atoms with Crippen LogP contribution in [0.15, 0.2) is 18.2 Å². The molecule has 3 heteroatoms. The van der Waals surface area contributed by atoms with Gasteiger partial charge in [0, 0.05) is 13.2 Å². The van der Waals surface area contributed by atoms with Crippen molar-refractivity contribution in [3.63, 3.8) is 0 Å². The number of hydrogen-bond donors (Lipinski definition) is 1. The van der Waals surface area contributed by atoms with Crippen LogP contribution in [0.1, 0.15) is 30.5 Å². The van der Waals surface area contributed by atoms with Gasteiger partial charge in [-0.05, 0) is 43.0 Å². The van der Waals surface area contributed by atoms with Crippen molar-refractivity contribution in [1.82, 2.24) is 0 Å². The van der Waals surface area contributed by atoms with Gasteiger partial charge in [0.25, 0.3) is 0 Å². The lowest BCUT2D eigenvalue weighted by Crippen LogP contribution is -2.16. The van der Waals surface area contributed by atoms with Crippen molar-refractivity contribution in [3.8, 4) is 5.75 Å². The molecule has 1 aromatic carbocycles. The Morgan fingerprint density at radius 2 is 2.31 bits per heavy atom. The van der Waals surface area contributed by atoms with E-state index in [-0.39, 0.29) is 12.1 Å². The maximum Gasteiger partial charge on any atom is 0.119 e. The third-order valence-corrected chi connectivity index (χ3v) is 3.13. The highest BCUT2D eigenvalue weighted by atomic mass is 16.5. The summed E-state index contributed by atoms with van der Waals surface area (Å²) in [4.78, 5) is 0. The van der Waals surface area contributed by atoms with Crippen LogP contribution in [0.4, 0.5) is 0 Å². The van der Waals surface area contributed by atoms with Crippen LogP contribution in [-0.2, 0) is 11.2 Å². The molecule has 0 radical (unpaired) electrons. The Labute approximate surface area is 96.5 Å². The summed E-state index contributed by atoms with van der Waals surface area (Å²) in [5.74, 6) is 0.914. The van der Waals surface area contributed by atoms with Crippen molar-refractivity contribution in [1.29, 1.82) is 0 Å². The second kappa shape index (κ2) is 4.85. The van der Waals surface area contributed by atoms with E-state index in [1.807, 2.05) is 13.0 Å². The zero-order valence-electron chi connectivity index (χ0n) is 9.90. The molecule has 0 aliphatic heterocycles. The topological polar surface area (TPSA) is 44.5 Å². The quantitative estimate of drug-likeness (QED) is 0.846. The van der Waals surface area contributed by atoms with Gasteiger partial charge in [0.2, 0.25) is 0 Å². The van der Waals surface area contributed by atoms with Crippen molar-refractivity contribution < 1.29 is 9.47 Å². The highest BCUT2D eigenvalue weighted by Gasteiger charge is 2.19. The minimum atomic E-state index is 0.121. The normalized spacial score (nSPS) is 20.6. The summed E-state index contributed by atoms with van der Waals surface area (Å²) in [5, 5.41) is 0. The van der Waals surface area contributed by atoms with E-state index in [0.29, 0.717) is 6.61 Å². The van der Waals surface area contributed by atoms with Gasteiger partial charge in [0.05, 0.1) is 6.10 Å². The molecule has 1 aliphatic carbocycles. The molecule has 16 heavy (non-hydrogen) atoms. The molecule has 88 valence electrons. The largest absolute Gasteiger partial charge is 0.491 e. The Kier molecular flexibility index (Phi) is 3.46. The molecule has 1 aromatic rings. The Hall–Kier alpha value is -1.06.